The molecule has 0 saturated carbocycles. The van der Waals surface area contributed by atoms with Crippen LogP contribution in [-0.2, 0) is 22.4 Å². The minimum atomic E-state index is -0.549. The fourth-order valence-corrected chi connectivity index (χ4v) is 4.78. The van der Waals surface area contributed by atoms with Crippen LogP contribution in [0.2, 0.25) is 0 Å². The molecule has 0 aliphatic carbocycles. The average Bonchev–Trinajstić information content (AvgIpc) is 3.50. The molecule has 4 aromatic rings. The van der Waals surface area contributed by atoms with E-state index in [-0.39, 0.29) is 29.6 Å². The van der Waals surface area contributed by atoms with E-state index in [0.29, 0.717) is 12.4 Å². The van der Waals surface area contributed by atoms with E-state index in [4.69, 9.17) is 0 Å². The summed E-state index contributed by atoms with van der Waals surface area (Å²) < 4.78 is 1.46. The number of anilines is 2. The number of benzene rings is 2. The number of nitrogens with one attached hydrogen (secondary N) is 1. The molecule has 1 fully saturated rings. The summed E-state index contributed by atoms with van der Waals surface area (Å²) in [4.78, 5) is 32.8. The quantitative estimate of drug-likeness (QED) is 0.442. The summed E-state index contributed by atoms with van der Waals surface area (Å²) in [5, 5.41) is 17.8. The number of rotatable bonds is 6. The highest BCUT2D eigenvalue weighted by Gasteiger charge is 2.37. The number of aromatic nitrogens is 3. The summed E-state index contributed by atoms with van der Waals surface area (Å²) in [6.07, 6.45) is 3.11. The molecular formula is C28H26N6O2. The van der Waals surface area contributed by atoms with Crippen molar-refractivity contribution in [3.05, 3.63) is 77.5 Å². The second-order valence-corrected chi connectivity index (χ2v) is 8.82. The first-order valence-corrected chi connectivity index (χ1v) is 12.1. The fourth-order valence-electron chi connectivity index (χ4n) is 4.78. The summed E-state index contributed by atoms with van der Waals surface area (Å²) in [5.74, 6) is -0.210. The predicted molar refractivity (Wildman–Crippen MR) is 138 cm³/mol. The minimum Gasteiger partial charge on any atom is -0.311 e. The third-order valence-electron chi connectivity index (χ3n) is 6.66. The largest absolute Gasteiger partial charge is 0.311 e. The summed E-state index contributed by atoms with van der Waals surface area (Å²) in [5.41, 5.74) is 4.11. The number of nitrogens with zero attached hydrogens (tertiary/aromatic N) is 5. The number of pyridine rings is 1. The van der Waals surface area contributed by atoms with Gasteiger partial charge in [-0.05, 0) is 42.2 Å². The molecule has 2 aromatic carbocycles. The molecule has 180 valence electrons. The van der Waals surface area contributed by atoms with Gasteiger partial charge in [0.15, 0.2) is 11.6 Å². The highest BCUT2D eigenvalue weighted by Crippen LogP contribution is 2.33. The topological polar surface area (TPSA) is 104 Å². The van der Waals surface area contributed by atoms with Gasteiger partial charge >= 0.3 is 0 Å². The minimum absolute atomic E-state index is 0.0732. The Kier molecular flexibility index (Phi) is 6.21. The summed E-state index contributed by atoms with van der Waals surface area (Å²) in [6.45, 7) is 4.42. The van der Waals surface area contributed by atoms with Crippen molar-refractivity contribution in [1.82, 2.24) is 14.8 Å². The summed E-state index contributed by atoms with van der Waals surface area (Å²) >= 11 is 0. The van der Waals surface area contributed by atoms with Crippen molar-refractivity contribution in [2.45, 2.75) is 33.1 Å². The number of para-hydroxylation sites is 2. The standard InChI is InChI=1S/C28H26N6O2/c1-3-18-9-7-10-19(4-2)26(18)33-17-21(14-25(33)35)28(36)32-27-22(15-29)16-30-34(27)24-13-12-20-8-5-6-11-23(20)31-24/h5-13,16,21H,3-4,14,17H2,1-2H3,(H,32,36). The maximum absolute atomic E-state index is 13.3. The normalized spacial score (nSPS) is 15.3. The fraction of sp³-hybridized carbons (Fsp3) is 0.250. The van der Waals surface area contributed by atoms with Crippen molar-refractivity contribution in [2.24, 2.45) is 5.92 Å². The van der Waals surface area contributed by atoms with E-state index in [1.54, 1.807) is 11.0 Å². The van der Waals surface area contributed by atoms with Crippen LogP contribution in [0.25, 0.3) is 16.7 Å². The molecule has 0 bridgehead atoms. The molecule has 1 unspecified atom stereocenters. The molecule has 0 spiro atoms. The zero-order valence-electron chi connectivity index (χ0n) is 20.2. The van der Waals surface area contributed by atoms with Crippen LogP contribution < -0.4 is 10.2 Å². The SMILES string of the molecule is CCc1cccc(CC)c1N1CC(C(=O)Nc2c(C#N)cnn2-c2ccc3ccccc3n2)CC1=O. The van der Waals surface area contributed by atoms with Gasteiger partial charge in [0.1, 0.15) is 11.6 Å². The molecule has 1 aliphatic rings. The lowest BCUT2D eigenvalue weighted by Gasteiger charge is -2.23. The molecular weight excluding hydrogens is 452 g/mol. The Bertz CT molecular complexity index is 1490. The van der Waals surface area contributed by atoms with Gasteiger partial charge in [-0.15, -0.1) is 0 Å². The van der Waals surface area contributed by atoms with Gasteiger partial charge in [0.2, 0.25) is 11.8 Å². The van der Waals surface area contributed by atoms with Crippen LogP contribution in [0.15, 0.2) is 60.8 Å². The number of hydrogen-bond acceptors (Lipinski definition) is 5. The molecule has 2 amide bonds. The van der Waals surface area contributed by atoms with Crippen molar-refractivity contribution in [1.29, 1.82) is 5.26 Å². The first-order valence-electron chi connectivity index (χ1n) is 12.1. The zero-order chi connectivity index (χ0) is 25.2. The van der Waals surface area contributed by atoms with Crippen molar-refractivity contribution in [3.8, 4) is 11.9 Å². The van der Waals surface area contributed by atoms with Crippen molar-refractivity contribution in [2.75, 3.05) is 16.8 Å². The van der Waals surface area contributed by atoms with E-state index in [1.165, 1.54) is 10.9 Å². The third-order valence-corrected chi connectivity index (χ3v) is 6.66. The van der Waals surface area contributed by atoms with Crippen LogP contribution in [0.1, 0.15) is 37.0 Å². The molecule has 1 N–H and O–H groups in total. The van der Waals surface area contributed by atoms with Gasteiger partial charge in [-0.2, -0.15) is 15.0 Å². The lowest BCUT2D eigenvalue weighted by atomic mass is 10.0. The van der Waals surface area contributed by atoms with Crippen LogP contribution >= 0.6 is 0 Å². The average molecular weight is 479 g/mol. The Labute approximate surface area is 209 Å². The van der Waals surface area contributed by atoms with E-state index < -0.39 is 5.92 Å². The molecule has 8 heteroatoms. The van der Waals surface area contributed by atoms with Gasteiger partial charge in [0.05, 0.1) is 17.6 Å². The number of aryl methyl sites for hydroxylation is 2. The molecule has 1 atom stereocenters. The number of fused-ring (bicyclic) bond motifs is 1. The number of amides is 2. The van der Waals surface area contributed by atoms with Gasteiger partial charge in [-0.1, -0.05) is 50.2 Å². The van der Waals surface area contributed by atoms with Crippen LogP contribution in [0.4, 0.5) is 11.5 Å². The van der Waals surface area contributed by atoms with Crippen LogP contribution in [0.3, 0.4) is 0 Å². The zero-order valence-corrected chi connectivity index (χ0v) is 20.2. The van der Waals surface area contributed by atoms with Crippen LogP contribution in [0.5, 0.6) is 0 Å². The Morgan fingerprint density at radius 2 is 1.83 bits per heavy atom. The predicted octanol–water partition coefficient (Wildman–Crippen LogP) is 4.41. The second-order valence-electron chi connectivity index (χ2n) is 8.82. The Morgan fingerprint density at radius 3 is 2.56 bits per heavy atom. The Balaban J connectivity index is 1.43. The second kappa shape index (κ2) is 9.62. The van der Waals surface area contributed by atoms with Gasteiger partial charge in [-0.3, -0.25) is 9.59 Å². The Morgan fingerprint density at radius 1 is 1.08 bits per heavy atom. The molecule has 5 rings (SSSR count). The smallest absolute Gasteiger partial charge is 0.231 e. The lowest BCUT2D eigenvalue weighted by molar-refractivity contribution is -0.122. The number of nitriles is 1. The van der Waals surface area contributed by atoms with Gasteiger partial charge < -0.3 is 10.2 Å². The monoisotopic (exact) mass is 478 g/mol. The first-order chi connectivity index (χ1) is 17.5. The van der Waals surface area contributed by atoms with Crippen molar-refractivity contribution >= 4 is 34.2 Å². The molecule has 2 aromatic heterocycles. The molecule has 3 heterocycles. The van der Waals surface area contributed by atoms with E-state index in [1.807, 2.05) is 48.5 Å². The van der Waals surface area contributed by atoms with E-state index in [2.05, 4.69) is 35.3 Å². The molecule has 1 saturated heterocycles. The van der Waals surface area contributed by atoms with Gasteiger partial charge in [0, 0.05) is 24.0 Å². The van der Waals surface area contributed by atoms with Gasteiger partial charge in [0.25, 0.3) is 0 Å². The van der Waals surface area contributed by atoms with E-state index in [0.717, 1.165) is 40.6 Å². The third kappa shape index (κ3) is 4.09. The number of hydrogen-bond donors (Lipinski definition) is 1. The summed E-state index contributed by atoms with van der Waals surface area (Å²) in [7, 11) is 0. The molecule has 0 radical (unpaired) electrons. The van der Waals surface area contributed by atoms with E-state index in [9.17, 15) is 14.9 Å². The highest BCUT2D eigenvalue weighted by atomic mass is 16.2. The maximum atomic E-state index is 13.3. The summed E-state index contributed by atoms with van der Waals surface area (Å²) in [6, 6.07) is 19.6. The van der Waals surface area contributed by atoms with Gasteiger partial charge in [-0.25, -0.2) is 4.98 Å². The molecule has 8 nitrogen and oxygen atoms in total. The first kappa shape index (κ1) is 23.2. The van der Waals surface area contributed by atoms with Crippen LogP contribution in [-0.4, -0.2) is 33.1 Å². The van der Waals surface area contributed by atoms with Crippen molar-refractivity contribution in [3.63, 3.8) is 0 Å². The number of carbonyl (C=O) groups is 2. The Hall–Kier alpha value is -4.51. The lowest BCUT2D eigenvalue weighted by Crippen LogP contribution is -2.30. The molecule has 36 heavy (non-hydrogen) atoms. The number of carbonyl (C=O) groups excluding carboxylic acids is 2. The van der Waals surface area contributed by atoms with Crippen LogP contribution in [0, 0.1) is 17.2 Å². The molecule has 1 aliphatic heterocycles. The highest BCUT2D eigenvalue weighted by molar-refractivity contribution is 6.04. The van der Waals surface area contributed by atoms with Crippen molar-refractivity contribution < 1.29 is 9.59 Å². The van der Waals surface area contributed by atoms with E-state index >= 15 is 0 Å². The maximum Gasteiger partial charge on any atom is 0.231 e.